The van der Waals surface area contributed by atoms with Crippen molar-refractivity contribution in [3.8, 4) is 21.6 Å². The quantitative estimate of drug-likeness (QED) is 0.707. The molecule has 0 amide bonds. The van der Waals surface area contributed by atoms with Crippen molar-refractivity contribution in [2.45, 2.75) is 13.8 Å². The maximum atomic E-state index is 6.17. The molecule has 0 unspecified atom stereocenters. The van der Waals surface area contributed by atoms with Crippen molar-refractivity contribution in [2.75, 3.05) is 5.73 Å². The van der Waals surface area contributed by atoms with Crippen molar-refractivity contribution in [1.29, 1.82) is 0 Å². The summed E-state index contributed by atoms with van der Waals surface area (Å²) >= 11 is 1.75. The summed E-state index contributed by atoms with van der Waals surface area (Å²) in [4.78, 5) is 2.48. The number of nitrogen functional groups attached to an aromatic ring is 1. The Morgan fingerprint density at radius 1 is 1.11 bits per heavy atom. The number of nitrogens with two attached hydrogens (primary N) is 1. The zero-order chi connectivity index (χ0) is 13.4. The molecule has 4 heteroatoms. The highest BCUT2D eigenvalue weighted by atomic mass is 32.1. The summed E-state index contributed by atoms with van der Waals surface area (Å²) in [5, 5.41) is 3.80. The molecule has 2 N–H and O–H groups in total. The number of hydrogen-bond donors (Lipinski definition) is 1. The Morgan fingerprint density at radius 3 is 2.53 bits per heavy atom. The molecule has 0 radical (unpaired) electrons. The van der Waals surface area contributed by atoms with Crippen molar-refractivity contribution in [1.82, 2.24) is 5.16 Å². The van der Waals surface area contributed by atoms with Gasteiger partial charge in [0.15, 0.2) is 0 Å². The Labute approximate surface area is 115 Å². The number of thiophene rings is 1. The van der Waals surface area contributed by atoms with Crippen LogP contribution in [0.25, 0.3) is 21.6 Å². The average molecular weight is 270 g/mol. The van der Waals surface area contributed by atoms with Crippen molar-refractivity contribution in [3.05, 3.63) is 47.2 Å². The summed E-state index contributed by atoms with van der Waals surface area (Å²) in [5.74, 6) is 0.805. The van der Waals surface area contributed by atoms with Crippen LogP contribution in [0.5, 0.6) is 0 Å². The molecule has 0 saturated carbocycles. The van der Waals surface area contributed by atoms with E-state index < -0.39 is 0 Å². The zero-order valence-electron chi connectivity index (χ0n) is 10.8. The van der Waals surface area contributed by atoms with Gasteiger partial charge in [-0.15, -0.1) is 11.3 Å². The van der Waals surface area contributed by atoms with Crippen LogP contribution in [-0.2, 0) is 0 Å². The molecule has 2 aromatic heterocycles. The van der Waals surface area contributed by atoms with Crippen LogP contribution in [0, 0.1) is 13.8 Å². The summed E-state index contributed by atoms with van der Waals surface area (Å²) in [6.07, 6.45) is 1.72. The number of hydrogen-bond acceptors (Lipinski definition) is 4. The van der Waals surface area contributed by atoms with Gasteiger partial charge in [0.05, 0.1) is 6.20 Å². The number of nitrogens with zero attached hydrogens (tertiary/aromatic N) is 1. The SMILES string of the molecule is Cc1ccc(-c2ccc(-c3cnoc3C)cc2N)s1. The minimum absolute atomic E-state index is 0.778. The fraction of sp³-hybridized carbons (Fsp3) is 0.133. The van der Waals surface area contributed by atoms with Gasteiger partial charge in [-0.2, -0.15) is 0 Å². The lowest BCUT2D eigenvalue weighted by Gasteiger charge is -2.06. The predicted octanol–water partition coefficient (Wildman–Crippen LogP) is 4.27. The molecular weight excluding hydrogens is 256 g/mol. The third kappa shape index (κ3) is 2.15. The van der Waals surface area contributed by atoms with Crippen molar-refractivity contribution >= 4 is 17.0 Å². The lowest BCUT2D eigenvalue weighted by Crippen LogP contribution is -1.90. The Bertz CT molecular complexity index is 727. The molecule has 0 aliphatic carbocycles. The highest BCUT2D eigenvalue weighted by molar-refractivity contribution is 7.15. The number of aromatic nitrogens is 1. The minimum atomic E-state index is 0.778. The molecule has 3 nitrogen and oxygen atoms in total. The van der Waals surface area contributed by atoms with Gasteiger partial charge >= 0.3 is 0 Å². The Kier molecular flexibility index (Phi) is 2.87. The maximum Gasteiger partial charge on any atom is 0.141 e. The van der Waals surface area contributed by atoms with E-state index in [1.165, 1.54) is 9.75 Å². The van der Waals surface area contributed by atoms with E-state index in [9.17, 15) is 0 Å². The summed E-state index contributed by atoms with van der Waals surface area (Å²) in [7, 11) is 0. The van der Waals surface area contributed by atoms with Crippen LogP contribution in [0.3, 0.4) is 0 Å². The molecular formula is C15H14N2OS. The van der Waals surface area contributed by atoms with E-state index in [4.69, 9.17) is 10.3 Å². The predicted molar refractivity (Wildman–Crippen MR) is 79.1 cm³/mol. The van der Waals surface area contributed by atoms with Crippen LogP contribution < -0.4 is 5.73 Å². The normalized spacial score (nSPS) is 10.8. The number of aryl methyl sites for hydroxylation is 2. The Balaban J connectivity index is 2.06. The smallest absolute Gasteiger partial charge is 0.141 e. The van der Waals surface area contributed by atoms with Crippen molar-refractivity contribution < 1.29 is 4.52 Å². The molecule has 0 bridgehead atoms. The van der Waals surface area contributed by atoms with Gasteiger partial charge in [0.25, 0.3) is 0 Å². The molecule has 96 valence electrons. The second-order valence-corrected chi connectivity index (χ2v) is 5.80. The summed E-state index contributed by atoms with van der Waals surface area (Å²) in [5.41, 5.74) is 10.1. The van der Waals surface area contributed by atoms with Gasteiger partial charge in [0.1, 0.15) is 5.76 Å². The van der Waals surface area contributed by atoms with Gasteiger partial charge < -0.3 is 10.3 Å². The largest absolute Gasteiger partial charge is 0.398 e. The highest BCUT2D eigenvalue weighted by Gasteiger charge is 2.10. The monoisotopic (exact) mass is 270 g/mol. The first-order valence-corrected chi connectivity index (χ1v) is 6.85. The lowest BCUT2D eigenvalue weighted by molar-refractivity contribution is 0.398. The molecule has 0 saturated heterocycles. The number of benzene rings is 1. The summed E-state index contributed by atoms with van der Waals surface area (Å²) < 4.78 is 5.09. The van der Waals surface area contributed by atoms with Crippen LogP contribution in [-0.4, -0.2) is 5.16 Å². The molecule has 3 aromatic rings. The van der Waals surface area contributed by atoms with E-state index in [1.807, 2.05) is 13.0 Å². The van der Waals surface area contributed by atoms with Gasteiger partial charge in [-0.25, -0.2) is 0 Å². The van der Waals surface area contributed by atoms with Crippen LogP contribution in [0.1, 0.15) is 10.6 Å². The maximum absolute atomic E-state index is 6.17. The van der Waals surface area contributed by atoms with Gasteiger partial charge in [0, 0.05) is 26.6 Å². The van der Waals surface area contributed by atoms with E-state index in [0.717, 1.165) is 28.1 Å². The van der Waals surface area contributed by atoms with Gasteiger partial charge in [-0.1, -0.05) is 17.3 Å². The molecule has 0 fully saturated rings. The van der Waals surface area contributed by atoms with Crippen LogP contribution in [0.4, 0.5) is 5.69 Å². The fourth-order valence-corrected chi connectivity index (χ4v) is 3.02. The molecule has 0 spiro atoms. The zero-order valence-corrected chi connectivity index (χ0v) is 11.6. The minimum Gasteiger partial charge on any atom is -0.398 e. The second kappa shape index (κ2) is 4.55. The number of rotatable bonds is 2. The first kappa shape index (κ1) is 12.0. The van der Waals surface area contributed by atoms with E-state index in [-0.39, 0.29) is 0 Å². The molecule has 0 atom stereocenters. The first-order valence-electron chi connectivity index (χ1n) is 6.03. The fourth-order valence-electron chi connectivity index (χ4n) is 2.11. The standard InChI is InChI=1S/C15H14N2OS/c1-9-3-6-15(19-9)12-5-4-11(7-14(12)16)13-8-17-18-10(13)2/h3-8H,16H2,1-2H3. The van der Waals surface area contributed by atoms with Crippen LogP contribution in [0.2, 0.25) is 0 Å². The molecule has 2 heterocycles. The Morgan fingerprint density at radius 2 is 1.95 bits per heavy atom. The topological polar surface area (TPSA) is 52.0 Å². The van der Waals surface area contributed by atoms with Crippen LogP contribution >= 0.6 is 11.3 Å². The summed E-state index contributed by atoms with van der Waals surface area (Å²) in [6, 6.07) is 10.3. The van der Waals surface area contributed by atoms with Gasteiger partial charge in [-0.05, 0) is 37.6 Å². The second-order valence-electron chi connectivity index (χ2n) is 4.51. The van der Waals surface area contributed by atoms with Crippen molar-refractivity contribution in [2.24, 2.45) is 0 Å². The first-order chi connectivity index (χ1) is 9.15. The Hall–Kier alpha value is -2.07. The number of anilines is 1. The van der Waals surface area contributed by atoms with Crippen molar-refractivity contribution in [3.63, 3.8) is 0 Å². The molecule has 0 aliphatic rings. The third-order valence-corrected chi connectivity index (χ3v) is 4.15. The van der Waals surface area contributed by atoms with E-state index in [1.54, 1.807) is 17.5 Å². The molecule has 3 rings (SSSR count). The molecule has 1 aromatic carbocycles. The average Bonchev–Trinajstić information content (AvgIpc) is 2.98. The van der Waals surface area contributed by atoms with Gasteiger partial charge in [-0.3, -0.25) is 0 Å². The highest BCUT2D eigenvalue weighted by Crippen LogP contribution is 2.35. The van der Waals surface area contributed by atoms with E-state index >= 15 is 0 Å². The van der Waals surface area contributed by atoms with Gasteiger partial charge in [0.2, 0.25) is 0 Å². The lowest BCUT2D eigenvalue weighted by atomic mass is 10.0. The summed E-state index contributed by atoms with van der Waals surface area (Å²) in [6.45, 7) is 3.99. The third-order valence-electron chi connectivity index (χ3n) is 3.12. The van der Waals surface area contributed by atoms with E-state index in [2.05, 4.69) is 36.3 Å². The molecule has 0 aliphatic heterocycles. The van der Waals surface area contributed by atoms with Crippen LogP contribution in [0.15, 0.2) is 41.1 Å². The molecule has 19 heavy (non-hydrogen) atoms. The van der Waals surface area contributed by atoms with E-state index in [0.29, 0.717) is 0 Å².